The molecule has 0 aromatic rings. The SMILES string of the molecule is CN(C)[C@H]1C[C@@]23CC[C@@]4(O2)C(=CC3=C[C@@H]1O[Si](C)(C)C(C)(C)C)CC[C@]1(C)C(=O)CC[C@H]14. The maximum absolute atomic E-state index is 12.8. The second kappa shape index (κ2) is 6.90. The molecule has 178 valence electrons. The molecule has 0 radical (unpaired) electrons. The molecular weight excluding hydrogens is 414 g/mol. The normalized spacial score (nSPS) is 43.5. The summed E-state index contributed by atoms with van der Waals surface area (Å²) in [5, 5.41) is 0.185. The van der Waals surface area contributed by atoms with Gasteiger partial charge in [0.15, 0.2) is 8.32 Å². The zero-order valence-electron chi connectivity index (χ0n) is 21.5. The third-order valence-corrected chi connectivity index (χ3v) is 14.9. The largest absolute Gasteiger partial charge is 0.409 e. The summed E-state index contributed by atoms with van der Waals surface area (Å²) in [5.74, 6) is 0.821. The zero-order valence-corrected chi connectivity index (χ0v) is 22.5. The van der Waals surface area contributed by atoms with E-state index in [9.17, 15) is 4.79 Å². The first-order valence-corrected chi connectivity index (χ1v) is 15.7. The third-order valence-electron chi connectivity index (χ3n) is 10.4. The van der Waals surface area contributed by atoms with Crippen LogP contribution in [0.5, 0.6) is 0 Å². The highest BCUT2D eigenvalue weighted by molar-refractivity contribution is 6.74. The number of ether oxygens (including phenoxy) is 1. The lowest BCUT2D eigenvalue weighted by molar-refractivity contribution is -0.155. The lowest BCUT2D eigenvalue weighted by Gasteiger charge is -2.55. The van der Waals surface area contributed by atoms with Crippen LogP contribution in [0.25, 0.3) is 0 Å². The number of likely N-dealkylation sites (N-methyl/N-ethyl adjacent to an activating group) is 1. The average Bonchev–Trinajstić information content (AvgIpc) is 3.16. The van der Waals surface area contributed by atoms with Crippen LogP contribution in [0.2, 0.25) is 18.1 Å². The van der Waals surface area contributed by atoms with Gasteiger partial charge in [0.2, 0.25) is 0 Å². The Hall–Kier alpha value is -0.753. The maximum Gasteiger partial charge on any atom is 0.192 e. The van der Waals surface area contributed by atoms with Crippen molar-refractivity contribution in [2.24, 2.45) is 11.3 Å². The number of carbonyl (C=O) groups is 1. The molecule has 2 heterocycles. The van der Waals surface area contributed by atoms with E-state index in [0.29, 0.717) is 17.7 Å². The number of ketones is 1. The summed E-state index contributed by atoms with van der Waals surface area (Å²) >= 11 is 0. The Labute approximate surface area is 195 Å². The van der Waals surface area contributed by atoms with Crippen molar-refractivity contribution in [3.05, 3.63) is 23.3 Å². The van der Waals surface area contributed by atoms with E-state index in [2.05, 4.69) is 71.9 Å². The van der Waals surface area contributed by atoms with Gasteiger partial charge in [-0.1, -0.05) is 33.8 Å². The number of hydrogen-bond acceptors (Lipinski definition) is 4. The van der Waals surface area contributed by atoms with Gasteiger partial charge in [0.25, 0.3) is 0 Å². The van der Waals surface area contributed by atoms with Crippen LogP contribution in [0.4, 0.5) is 0 Å². The summed E-state index contributed by atoms with van der Waals surface area (Å²) in [4.78, 5) is 15.2. The van der Waals surface area contributed by atoms with Crippen molar-refractivity contribution < 1.29 is 14.0 Å². The Morgan fingerprint density at radius 1 is 1.16 bits per heavy atom. The molecule has 5 aliphatic rings. The van der Waals surface area contributed by atoms with E-state index >= 15 is 0 Å². The van der Waals surface area contributed by atoms with Crippen LogP contribution in [0.15, 0.2) is 23.3 Å². The van der Waals surface area contributed by atoms with Gasteiger partial charge in [0.05, 0.1) is 17.3 Å². The van der Waals surface area contributed by atoms with Crippen LogP contribution < -0.4 is 0 Å². The molecule has 2 saturated carbocycles. The minimum absolute atomic E-state index is 0.0991. The van der Waals surface area contributed by atoms with E-state index in [1.807, 2.05) is 0 Å². The molecule has 0 aromatic carbocycles. The highest BCUT2D eigenvalue weighted by Crippen LogP contribution is 2.66. The predicted octanol–water partition coefficient (Wildman–Crippen LogP) is 5.64. The number of rotatable bonds is 3. The highest BCUT2D eigenvalue weighted by Gasteiger charge is 2.67. The monoisotopic (exact) mass is 457 g/mol. The average molecular weight is 458 g/mol. The number of hydrogen-bond donors (Lipinski definition) is 0. The molecule has 5 rings (SSSR count). The van der Waals surface area contributed by atoms with Crippen molar-refractivity contribution in [1.82, 2.24) is 4.90 Å². The van der Waals surface area contributed by atoms with E-state index in [-0.39, 0.29) is 27.8 Å². The second-order valence-corrected chi connectivity index (χ2v) is 18.0. The van der Waals surface area contributed by atoms with E-state index in [1.165, 1.54) is 11.1 Å². The third kappa shape index (κ3) is 3.00. The predicted molar refractivity (Wildman–Crippen MR) is 131 cm³/mol. The number of nitrogens with zero attached hydrogens (tertiary/aromatic N) is 1. The summed E-state index contributed by atoms with van der Waals surface area (Å²) < 4.78 is 14.3. The minimum atomic E-state index is -1.90. The molecule has 32 heavy (non-hydrogen) atoms. The lowest BCUT2D eigenvalue weighted by atomic mass is 9.59. The van der Waals surface area contributed by atoms with Crippen molar-refractivity contribution in [3.63, 3.8) is 0 Å². The highest BCUT2D eigenvalue weighted by atomic mass is 28.4. The quantitative estimate of drug-likeness (QED) is 0.514. The molecule has 6 atom stereocenters. The van der Waals surface area contributed by atoms with E-state index < -0.39 is 8.32 Å². The van der Waals surface area contributed by atoms with Crippen molar-refractivity contribution >= 4 is 14.1 Å². The van der Waals surface area contributed by atoms with Crippen molar-refractivity contribution in [2.75, 3.05) is 14.1 Å². The first-order valence-electron chi connectivity index (χ1n) is 12.8. The summed E-state index contributed by atoms with van der Waals surface area (Å²) in [7, 11) is 2.47. The van der Waals surface area contributed by atoms with Gasteiger partial charge in [0.1, 0.15) is 5.78 Å². The second-order valence-electron chi connectivity index (χ2n) is 13.3. The van der Waals surface area contributed by atoms with Crippen LogP contribution in [0.3, 0.4) is 0 Å². The van der Waals surface area contributed by atoms with Crippen LogP contribution >= 0.6 is 0 Å². The molecule has 4 nitrogen and oxygen atoms in total. The molecule has 0 unspecified atom stereocenters. The van der Waals surface area contributed by atoms with Crippen LogP contribution in [-0.2, 0) is 14.0 Å². The molecule has 2 aliphatic heterocycles. The molecule has 3 aliphatic carbocycles. The van der Waals surface area contributed by atoms with Gasteiger partial charge < -0.3 is 14.1 Å². The summed E-state index contributed by atoms with van der Waals surface area (Å²) in [6, 6.07) is 0.304. The van der Waals surface area contributed by atoms with Gasteiger partial charge >= 0.3 is 0 Å². The topological polar surface area (TPSA) is 38.8 Å². The van der Waals surface area contributed by atoms with Gasteiger partial charge in [-0.3, -0.25) is 4.79 Å². The van der Waals surface area contributed by atoms with Crippen LogP contribution in [-0.4, -0.2) is 56.4 Å². The molecule has 2 bridgehead atoms. The summed E-state index contributed by atoms with van der Waals surface area (Å²) in [6.07, 6.45) is 11.8. The molecule has 3 fully saturated rings. The van der Waals surface area contributed by atoms with Gasteiger partial charge in [-0.05, 0) is 88.0 Å². The van der Waals surface area contributed by atoms with Crippen molar-refractivity contribution in [3.8, 4) is 0 Å². The van der Waals surface area contributed by atoms with Gasteiger partial charge in [0, 0.05) is 23.8 Å². The standard InChI is InChI=1S/C27H43NO3Si/c1-24(2,3)32(7,8)30-21-16-19-15-18-11-12-25(4)22(9-10-23(25)29)27(18)14-13-26(19,31-27)17-20(21)28(5)6/h15-16,20-22H,9-14,17H2,1-8H3/t20-,21-,22+,25-,26+,27+/m0/s1. The number of Topliss-reactive ketones (excluding diaryl/α,β-unsaturated/α-hetero) is 1. The van der Waals surface area contributed by atoms with E-state index in [4.69, 9.17) is 9.16 Å². The van der Waals surface area contributed by atoms with Crippen molar-refractivity contribution in [1.29, 1.82) is 0 Å². The first kappa shape index (κ1) is 23.0. The minimum Gasteiger partial charge on any atom is -0.409 e. The Kier molecular flexibility index (Phi) is 4.96. The number of fused-ring (bicyclic) bond motifs is 1. The van der Waals surface area contributed by atoms with Gasteiger partial charge in [-0.25, -0.2) is 0 Å². The lowest BCUT2D eigenvalue weighted by Crippen LogP contribution is -2.58. The van der Waals surface area contributed by atoms with Crippen LogP contribution in [0.1, 0.15) is 72.6 Å². The van der Waals surface area contributed by atoms with Crippen molar-refractivity contribution in [2.45, 2.75) is 114 Å². The fraction of sp³-hybridized carbons (Fsp3) is 0.815. The molecule has 1 saturated heterocycles. The fourth-order valence-corrected chi connectivity index (χ4v) is 8.56. The first-order chi connectivity index (χ1) is 14.7. The number of carbonyl (C=O) groups excluding carboxylic acids is 1. The Bertz CT molecular complexity index is 899. The van der Waals surface area contributed by atoms with E-state index in [0.717, 1.165) is 44.9 Å². The molecular formula is C27H43NO3Si. The molecule has 0 N–H and O–H groups in total. The fourth-order valence-electron chi connectivity index (χ4n) is 7.30. The maximum atomic E-state index is 12.8. The Morgan fingerprint density at radius 3 is 2.53 bits per heavy atom. The molecule has 2 spiro atoms. The molecule has 5 heteroatoms. The Balaban J connectivity index is 1.55. The van der Waals surface area contributed by atoms with Crippen LogP contribution in [0, 0.1) is 11.3 Å². The van der Waals surface area contributed by atoms with Gasteiger partial charge in [-0.2, -0.15) is 0 Å². The molecule has 0 amide bonds. The zero-order chi connectivity index (χ0) is 23.3. The summed E-state index contributed by atoms with van der Waals surface area (Å²) in [6.45, 7) is 13.9. The Morgan fingerprint density at radius 2 is 1.88 bits per heavy atom. The van der Waals surface area contributed by atoms with E-state index in [1.54, 1.807) is 0 Å². The van der Waals surface area contributed by atoms with Gasteiger partial charge in [-0.15, -0.1) is 0 Å². The summed E-state index contributed by atoms with van der Waals surface area (Å²) in [5.41, 5.74) is 2.21. The molecule has 0 aromatic heterocycles. The smallest absolute Gasteiger partial charge is 0.192 e.